The van der Waals surface area contributed by atoms with Crippen LogP contribution in [0.15, 0.2) is 12.1 Å². The minimum atomic E-state index is -0.826. The van der Waals surface area contributed by atoms with Crippen molar-refractivity contribution >= 4 is 17.7 Å². The normalized spacial score (nSPS) is 17.5. The predicted molar refractivity (Wildman–Crippen MR) is 73.8 cm³/mol. The Morgan fingerprint density at radius 3 is 2.73 bits per heavy atom. The molecule has 0 aromatic heterocycles. The molecule has 0 aliphatic carbocycles. The molecule has 1 saturated heterocycles. The maximum Gasteiger partial charge on any atom is 0.255 e. The summed E-state index contributed by atoms with van der Waals surface area (Å²) in [6, 6.07) is 1.97. The average Bonchev–Trinajstić information content (AvgIpc) is 2.43. The molecule has 1 aliphatic heterocycles. The van der Waals surface area contributed by atoms with Crippen LogP contribution >= 0.6 is 0 Å². The molecule has 0 bridgehead atoms. The van der Waals surface area contributed by atoms with Gasteiger partial charge in [0.1, 0.15) is 11.9 Å². The van der Waals surface area contributed by atoms with Crippen LogP contribution in [0.25, 0.3) is 0 Å². The average molecular weight is 350 g/mol. The van der Waals surface area contributed by atoms with Crippen LogP contribution in [0.3, 0.4) is 0 Å². The second-order valence-corrected chi connectivity index (χ2v) is 4.94. The van der Waals surface area contributed by atoms with Gasteiger partial charge in [-0.05, 0) is 25.0 Å². The van der Waals surface area contributed by atoms with Crippen molar-refractivity contribution in [1.82, 2.24) is 10.6 Å². The van der Waals surface area contributed by atoms with Crippen molar-refractivity contribution in [1.29, 1.82) is 0 Å². The topological polar surface area (TPSA) is 75.3 Å². The Balaban J connectivity index is 0.00000242. The van der Waals surface area contributed by atoms with Crippen LogP contribution in [-0.2, 0) is 32.5 Å². The molecule has 0 radical (unpaired) electrons. The van der Waals surface area contributed by atoms with E-state index in [4.69, 9.17) is 0 Å². The van der Waals surface area contributed by atoms with Gasteiger partial charge in [0.15, 0.2) is 0 Å². The third-order valence-electron chi connectivity index (χ3n) is 3.52. The molecule has 1 aromatic carbocycles. The summed E-state index contributed by atoms with van der Waals surface area (Å²) in [6.07, 6.45) is 0.625. The maximum atomic E-state index is 13.9. The number of nitrogens with one attached hydrogen (secondary N) is 2. The zero-order chi connectivity index (χ0) is 15.6. The van der Waals surface area contributed by atoms with E-state index < -0.39 is 23.7 Å². The van der Waals surface area contributed by atoms with Crippen LogP contribution in [0.5, 0.6) is 0 Å². The largest absolute Gasteiger partial charge is 0.340 e. The molecule has 3 amide bonds. The number of halogens is 1. The number of imide groups is 1. The van der Waals surface area contributed by atoms with E-state index in [9.17, 15) is 18.8 Å². The Kier molecular flexibility index (Phi) is 6.24. The van der Waals surface area contributed by atoms with E-state index in [-0.39, 0.29) is 47.2 Å². The number of aryl methyl sites for hydroxylation is 1. The number of amides is 3. The zero-order valence-corrected chi connectivity index (χ0v) is 13.0. The molecular formula is C15H16FN2NiO3-. The standard InChI is InChI=1S/C15H16FN2O3.Ni/c1-3-9-8(2)4-5-10(16)13(9)15(21)17-11-6-7-12(19)18-14(11)20;/h4-5,11H,1,3,6-7H2,2H3,(H,17,21)(H,18,19,20);/q-1;. The van der Waals surface area contributed by atoms with E-state index in [1.165, 1.54) is 6.07 Å². The minimum absolute atomic E-state index is 0. The molecule has 22 heavy (non-hydrogen) atoms. The van der Waals surface area contributed by atoms with Crippen molar-refractivity contribution in [3.63, 3.8) is 0 Å². The molecule has 0 saturated carbocycles. The summed E-state index contributed by atoms with van der Waals surface area (Å²) < 4.78 is 13.9. The monoisotopic (exact) mass is 349 g/mol. The van der Waals surface area contributed by atoms with Crippen LogP contribution in [-0.4, -0.2) is 23.8 Å². The molecule has 1 aliphatic rings. The molecule has 1 heterocycles. The summed E-state index contributed by atoms with van der Waals surface area (Å²) in [7, 11) is 0. The molecule has 122 valence electrons. The first-order valence-corrected chi connectivity index (χ1v) is 6.65. The third kappa shape index (κ3) is 3.71. The number of hydrogen-bond donors (Lipinski definition) is 2. The summed E-state index contributed by atoms with van der Waals surface area (Å²) in [5.41, 5.74) is 1.19. The van der Waals surface area contributed by atoms with E-state index in [0.29, 0.717) is 5.56 Å². The number of rotatable bonds is 3. The second kappa shape index (κ2) is 7.50. The second-order valence-electron chi connectivity index (χ2n) is 4.94. The van der Waals surface area contributed by atoms with Crippen LogP contribution in [0.2, 0.25) is 0 Å². The fraction of sp³-hybridized carbons (Fsp3) is 0.333. The van der Waals surface area contributed by atoms with Gasteiger partial charge in [0, 0.05) is 22.9 Å². The Morgan fingerprint density at radius 2 is 2.14 bits per heavy atom. The van der Waals surface area contributed by atoms with Crippen molar-refractivity contribution < 1.29 is 35.3 Å². The van der Waals surface area contributed by atoms with Crippen LogP contribution < -0.4 is 10.6 Å². The Morgan fingerprint density at radius 1 is 1.45 bits per heavy atom. The molecule has 1 atom stereocenters. The van der Waals surface area contributed by atoms with Gasteiger partial charge in [-0.25, -0.2) is 4.39 Å². The SMILES string of the molecule is [CH2-]Cc1c(C)ccc(F)c1C(=O)NC1CCC(=O)NC1=O.[Ni]. The molecule has 1 unspecified atom stereocenters. The van der Waals surface area contributed by atoms with Crippen molar-refractivity contribution in [3.05, 3.63) is 41.6 Å². The van der Waals surface area contributed by atoms with Crippen LogP contribution in [0.4, 0.5) is 4.39 Å². The fourth-order valence-corrected chi connectivity index (χ4v) is 2.35. The van der Waals surface area contributed by atoms with E-state index in [1.54, 1.807) is 13.0 Å². The summed E-state index contributed by atoms with van der Waals surface area (Å²) >= 11 is 0. The van der Waals surface area contributed by atoms with Gasteiger partial charge in [-0.2, -0.15) is 6.42 Å². The summed E-state index contributed by atoms with van der Waals surface area (Å²) in [4.78, 5) is 34.9. The van der Waals surface area contributed by atoms with Crippen molar-refractivity contribution in [2.24, 2.45) is 0 Å². The number of benzene rings is 1. The number of hydrogen-bond acceptors (Lipinski definition) is 3. The number of carbonyl (C=O) groups excluding carboxylic acids is 3. The third-order valence-corrected chi connectivity index (χ3v) is 3.52. The minimum Gasteiger partial charge on any atom is -0.340 e. The van der Waals surface area contributed by atoms with Gasteiger partial charge in [-0.1, -0.05) is 11.6 Å². The molecule has 2 rings (SSSR count). The van der Waals surface area contributed by atoms with Crippen LogP contribution in [0, 0.1) is 19.7 Å². The van der Waals surface area contributed by atoms with Gasteiger partial charge in [-0.3, -0.25) is 19.7 Å². The van der Waals surface area contributed by atoms with E-state index in [2.05, 4.69) is 17.6 Å². The van der Waals surface area contributed by atoms with Gasteiger partial charge in [0.25, 0.3) is 5.91 Å². The van der Waals surface area contributed by atoms with Gasteiger partial charge in [0.05, 0.1) is 5.56 Å². The summed E-state index contributed by atoms with van der Waals surface area (Å²) in [6.45, 7) is 5.47. The number of piperidine rings is 1. The fourth-order valence-electron chi connectivity index (χ4n) is 2.35. The molecule has 2 N–H and O–H groups in total. The number of carbonyl (C=O) groups is 3. The Bertz CT molecular complexity index is 619. The van der Waals surface area contributed by atoms with Crippen molar-refractivity contribution in [3.8, 4) is 0 Å². The van der Waals surface area contributed by atoms with Crippen LogP contribution in [0.1, 0.15) is 34.3 Å². The molecular weight excluding hydrogens is 334 g/mol. The molecule has 5 nitrogen and oxygen atoms in total. The van der Waals surface area contributed by atoms with Crippen molar-refractivity contribution in [2.75, 3.05) is 0 Å². The molecule has 7 heteroatoms. The summed E-state index contributed by atoms with van der Waals surface area (Å²) in [5.74, 6) is -2.25. The first-order chi connectivity index (χ1) is 9.93. The Labute approximate surface area is 138 Å². The molecule has 1 fully saturated rings. The first kappa shape index (κ1) is 18.3. The smallest absolute Gasteiger partial charge is 0.255 e. The van der Waals surface area contributed by atoms with Gasteiger partial charge in [-0.15, -0.1) is 0 Å². The molecule has 0 spiro atoms. The van der Waals surface area contributed by atoms with Gasteiger partial charge < -0.3 is 12.2 Å². The predicted octanol–water partition coefficient (Wildman–Crippen LogP) is 1.04. The van der Waals surface area contributed by atoms with Gasteiger partial charge in [0.2, 0.25) is 11.8 Å². The summed E-state index contributed by atoms with van der Waals surface area (Å²) in [5, 5.41) is 4.62. The quantitative estimate of drug-likeness (QED) is 0.486. The Hall–Kier alpha value is -1.75. The first-order valence-electron chi connectivity index (χ1n) is 6.65. The van der Waals surface area contributed by atoms with E-state index in [1.807, 2.05) is 0 Å². The molecule has 1 aromatic rings. The van der Waals surface area contributed by atoms with E-state index >= 15 is 0 Å². The van der Waals surface area contributed by atoms with E-state index in [0.717, 1.165) is 5.56 Å². The van der Waals surface area contributed by atoms with Gasteiger partial charge >= 0.3 is 0 Å². The maximum absolute atomic E-state index is 13.9. The zero-order valence-electron chi connectivity index (χ0n) is 12.0. The van der Waals surface area contributed by atoms with Crippen molar-refractivity contribution in [2.45, 2.75) is 32.2 Å².